The summed E-state index contributed by atoms with van der Waals surface area (Å²) in [5.74, 6) is 1.52. The summed E-state index contributed by atoms with van der Waals surface area (Å²) in [7, 11) is 1.96. The molecule has 0 aliphatic rings. The fourth-order valence-electron chi connectivity index (χ4n) is 1.64. The Morgan fingerprint density at radius 1 is 1.33 bits per heavy atom. The van der Waals surface area contributed by atoms with Crippen molar-refractivity contribution in [3.05, 3.63) is 41.6 Å². The molecule has 0 atom stereocenters. The summed E-state index contributed by atoms with van der Waals surface area (Å²) >= 11 is 5.96. The second-order valence-corrected chi connectivity index (χ2v) is 4.40. The monoisotopic (exact) mass is 262 g/mol. The summed E-state index contributed by atoms with van der Waals surface area (Å²) in [6.45, 7) is 1.35. The molecular formula is C13H15ClN4. The van der Waals surface area contributed by atoms with E-state index in [0.717, 1.165) is 17.9 Å². The van der Waals surface area contributed by atoms with Crippen LogP contribution in [-0.4, -0.2) is 30.1 Å². The lowest BCUT2D eigenvalue weighted by Crippen LogP contribution is -2.25. The number of benzene rings is 1. The molecule has 18 heavy (non-hydrogen) atoms. The van der Waals surface area contributed by atoms with Gasteiger partial charge in [0.25, 0.3) is 0 Å². The maximum absolute atomic E-state index is 5.96. The Morgan fingerprint density at radius 2 is 2.17 bits per heavy atom. The van der Waals surface area contributed by atoms with Gasteiger partial charge in [0, 0.05) is 36.9 Å². The van der Waals surface area contributed by atoms with Crippen LogP contribution in [0.25, 0.3) is 11.4 Å². The van der Waals surface area contributed by atoms with Crippen LogP contribution in [-0.2, 0) is 0 Å². The lowest BCUT2D eigenvalue weighted by atomic mass is 10.2. The van der Waals surface area contributed by atoms with Gasteiger partial charge in [-0.05, 0) is 18.2 Å². The molecule has 0 aliphatic carbocycles. The number of nitrogens with zero attached hydrogens (tertiary/aromatic N) is 3. The fraction of sp³-hybridized carbons (Fsp3) is 0.231. The van der Waals surface area contributed by atoms with E-state index in [9.17, 15) is 0 Å². The predicted molar refractivity (Wildman–Crippen MR) is 74.8 cm³/mol. The minimum Gasteiger partial charge on any atom is -0.358 e. The molecule has 0 aliphatic heterocycles. The van der Waals surface area contributed by atoms with Gasteiger partial charge >= 0.3 is 0 Å². The third kappa shape index (κ3) is 2.97. The molecule has 2 N–H and O–H groups in total. The average molecular weight is 263 g/mol. The van der Waals surface area contributed by atoms with Crippen LogP contribution < -0.4 is 10.6 Å². The Morgan fingerprint density at radius 3 is 2.89 bits per heavy atom. The van der Waals surface area contributed by atoms with Gasteiger partial charge in [0.2, 0.25) is 0 Å². The van der Waals surface area contributed by atoms with Crippen LogP contribution in [0.5, 0.6) is 0 Å². The second kappa shape index (κ2) is 5.80. The first-order valence-electron chi connectivity index (χ1n) is 5.71. The van der Waals surface area contributed by atoms with E-state index in [2.05, 4.69) is 9.97 Å². The van der Waals surface area contributed by atoms with Gasteiger partial charge in [0.15, 0.2) is 5.82 Å². The van der Waals surface area contributed by atoms with E-state index in [1.165, 1.54) is 0 Å². The molecule has 0 radical (unpaired) electrons. The Kier molecular flexibility index (Phi) is 4.12. The summed E-state index contributed by atoms with van der Waals surface area (Å²) < 4.78 is 0. The summed E-state index contributed by atoms with van der Waals surface area (Å²) in [5, 5.41) is 0.678. The fourth-order valence-corrected chi connectivity index (χ4v) is 1.83. The Hall–Kier alpha value is -1.65. The van der Waals surface area contributed by atoms with Crippen LogP contribution in [0.1, 0.15) is 0 Å². The normalized spacial score (nSPS) is 10.4. The molecule has 2 aromatic rings. The highest BCUT2D eigenvalue weighted by Gasteiger charge is 2.06. The maximum Gasteiger partial charge on any atom is 0.161 e. The first kappa shape index (κ1) is 12.8. The molecule has 0 amide bonds. The van der Waals surface area contributed by atoms with Crippen molar-refractivity contribution < 1.29 is 0 Å². The molecule has 0 unspecified atom stereocenters. The van der Waals surface area contributed by atoms with Crippen LogP contribution in [0.15, 0.2) is 36.5 Å². The summed E-state index contributed by atoms with van der Waals surface area (Å²) in [5.41, 5.74) is 6.44. The van der Waals surface area contributed by atoms with E-state index in [4.69, 9.17) is 17.3 Å². The second-order valence-electron chi connectivity index (χ2n) is 3.96. The number of likely N-dealkylation sites (N-methyl/N-ethyl adjacent to an activating group) is 1. The van der Waals surface area contributed by atoms with Gasteiger partial charge in [0.1, 0.15) is 5.82 Å². The maximum atomic E-state index is 5.96. The van der Waals surface area contributed by atoms with E-state index >= 15 is 0 Å². The SMILES string of the molecule is CN(CCN)c1ccnc(-c2cccc(Cl)c2)n1. The molecular weight excluding hydrogens is 248 g/mol. The third-order valence-electron chi connectivity index (χ3n) is 2.58. The van der Waals surface area contributed by atoms with Crippen LogP contribution >= 0.6 is 11.6 Å². The Bertz CT molecular complexity index is 530. The Balaban J connectivity index is 2.32. The van der Waals surface area contributed by atoms with Crippen LogP contribution in [0, 0.1) is 0 Å². The molecule has 0 spiro atoms. The molecule has 1 heterocycles. The number of anilines is 1. The average Bonchev–Trinajstić information content (AvgIpc) is 2.39. The van der Waals surface area contributed by atoms with Gasteiger partial charge in [-0.2, -0.15) is 0 Å². The lowest BCUT2D eigenvalue weighted by Gasteiger charge is -2.17. The zero-order chi connectivity index (χ0) is 13.0. The van der Waals surface area contributed by atoms with Gasteiger partial charge in [0.05, 0.1) is 0 Å². The number of hydrogen-bond acceptors (Lipinski definition) is 4. The molecule has 0 fully saturated rings. The third-order valence-corrected chi connectivity index (χ3v) is 2.81. The van der Waals surface area contributed by atoms with Crippen LogP contribution in [0.2, 0.25) is 5.02 Å². The van der Waals surface area contributed by atoms with Crippen molar-refractivity contribution in [2.24, 2.45) is 5.73 Å². The van der Waals surface area contributed by atoms with E-state index in [-0.39, 0.29) is 0 Å². The van der Waals surface area contributed by atoms with Crippen molar-refractivity contribution in [1.29, 1.82) is 0 Å². The Labute approximate surface area is 111 Å². The van der Waals surface area contributed by atoms with Gasteiger partial charge < -0.3 is 10.6 Å². The molecule has 2 rings (SSSR count). The largest absolute Gasteiger partial charge is 0.358 e. The van der Waals surface area contributed by atoms with E-state index in [1.807, 2.05) is 42.3 Å². The van der Waals surface area contributed by atoms with E-state index in [1.54, 1.807) is 6.20 Å². The molecule has 1 aromatic carbocycles. The molecule has 5 heteroatoms. The quantitative estimate of drug-likeness (QED) is 0.918. The highest BCUT2D eigenvalue weighted by molar-refractivity contribution is 6.30. The molecule has 0 saturated carbocycles. The van der Waals surface area contributed by atoms with Crippen molar-refractivity contribution in [2.45, 2.75) is 0 Å². The lowest BCUT2D eigenvalue weighted by molar-refractivity contribution is 0.865. The van der Waals surface area contributed by atoms with Crippen molar-refractivity contribution in [3.8, 4) is 11.4 Å². The van der Waals surface area contributed by atoms with Gasteiger partial charge in [-0.1, -0.05) is 23.7 Å². The van der Waals surface area contributed by atoms with Crippen molar-refractivity contribution in [3.63, 3.8) is 0 Å². The van der Waals surface area contributed by atoms with Crippen molar-refractivity contribution in [2.75, 3.05) is 25.0 Å². The van der Waals surface area contributed by atoms with Crippen LogP contribution in [0.4, 0.5) is 5.82 Å². The molecule has 4 nitrogen and oxygen atoms in total. The van der Waals surface area contributed by atoms with E-state index in [0.29, 0.717) is 17.4 Å². The van der Waals surface area contributed by atoms with Gasteiger partial charge in [-0.15, -0.1) is 0 Å². The number of nitrogens with two attached hydrogens (primary N) is 1. The minimum atomic E-state index is 0.590. The topological polar surface area (TPSA) is 55.0 Å². The molecule has 0 saturated heterocycles. The highest BCUT2D eigenvalue weighted by atomic mass is 35.5. The minimum absolute atomic E-state index is 0.590. The van der Waals surface area contributed by atoms with E-state index < -0.39 is 0 Å². The van der Waals surface area contributed by atoms with Crippen molar-refractivity contribution >= 4 is 17.4 Å². The number of aromatic nitrogens is 2. The van der Waals surface area contributed by atoms with Gasteiger partial charge in [-0.25, -0.2) is 9.97 Å². The smallest absolute Gasteiger partial charge is 0.161 e. The molecule has 1 aromatic heterocycles. The summed E-state index contributed by atoms with van der Waals surface area (Å²) in [6.07, 6.45) is 1.74. The molecule has 0 bridgehead atoms. The van der Waals surface area contributed by atoms with Crippen LogP contribution in [0.3, 0.4) is 0 Å². The number of rotatable bonds is 4. The van der Waals surface area contributed by atoms with Gasteiger partial charge in [-0.3, -0.25) is 0 Å². The predicted octanol–water partition coefficient (Wildman–Crippen LogP) is 2.19. The zero-order valence-corrected chi connectivity index (χ0v) is 10.9. The zero-order valence-electron chi connectivity index (χ0n) is 10.2. The standard InChI is InChI=1S/C13H15ClN4/c1-18(8-6-15)12-5-7-16-13(17-12)10-3-2-4-11(14)9-10/h2-5,7,9H,6,8,15H2,1H3. The number of hydrogen-bond donors (Lipinski definition) is 1. The molecule has 94 valence electrons. The number of halogens is 1. The van der Waals surface area contributed by atoms with Crippen molar-refractivity contribution in [1.82, 2.24) is 9.97 Å². The summed E-state index contributed by atoms with van der Waals surface area (Å²) in [4.78, 5) is 10.8. The first-order chi connectivity index (χ1) is 8.70. The summed E-state index contributed by atoms with van der Waals surface area (Å²) in [6, 6.07) is 9.37. The first-order valence-corrected chi connectivity index (χ1v) is 6.08. The highest BCUT2D eigenvalue weighted by Crippen LogP contribution is 2.20.